The molecule has 2 nitrogen and oxygen atoms in total. The van der Waals surface area contributed by atoms with Gasteiger partial charge >= 0.3 is 6.18 Å². The standard InChI is InChI=1S/C16H14F3NOS/c1-10-13-6-8-22-14(13)5-7-20(10)15(21)11-3-2-4-12(9-11)16(17,18)19/h2-4,6,8-10H,5,7H2,1H3/t10-/m1/s1. The highest BCUT2D eigenvalue weighted by Gasteiger charge is 2.33. The van der Waals surface area contributed by atoms with Gasteiger partial charge in [-0.15, -0.1) is 11.3 Å². The molecule has 116 valence electrons. The summed E-state index contributed by atoms with van der Waals surface area (Å²) in [7, 11) is 0. The highest BCUT2D eigenvalue weighted by Crippen LogP contribution is 2.34. The molecule has 6 heteroatoms. The molecule has 0 saturated carbocycles. The Hall–Kier alpha value is -1.82. The maximum absolute atomic E-state index is 12.8. The molecule has 1 amide bonds. The van der Waals surface area contributed by atoms with Crippen molar-refractivity contribution in [2.24, 2.45) is 0 Å². The molecule has 0 N–H and O–H groups in total. The van der Waals surface area contributed by atoms with Crippen LogP contribution in [0.25, 0.3) is 0 Å². The third-order valence-electron chi connectivity index (χ3n) is 3.97. The normalized spacial score (nSPS) is 18.2. The third-order valence-corrected chi connectivity index (χ3v) is 4.97. The monoisotopic (exact) mass is 325 g/mol. The smallest absolute Gasteiger partial charge is 0.331 e. The van der Waals surface area contributed by atoms with Crippen molar-refractivity contribution in [3.8, 4) is 0 Å². The summed E-state index contributed by atoms with van der Waals surface area (Å²) in [6, 6.07) is 6.49. The van der Waals surface area contributed by atoms with Gasteiger partial charge < -0.3 is 4.90 Å². The number of amides is 1. The molecule has 2 heterocycles. The van der Waals surface area contributed by atoms with Gasteiger partial charge in [0.05, 0.1) is 11.6 Å². The Morgan fingerprint density at radius 3 is 2.82 bits per heavy atom. The Labute approximate surface area is 130 Å². The van der Waals surface area contributed by atoms with Crippen LogP contribution in [0.4, 0.5) is 13.2 Å². The quantitative estimate of drug-likeness (QED) is 0.754. The fraction of sp³-hybridized carbons (Fsp3) is 0.312. The molecule has 0 radical (unpaired) electrons. The largest absolute Gasteiger partial charge is 0.416 e. The molecule has 0 aliphatic carbocycles. The minimum Gasteiger partial charge on any atom is -0.331 e. The molecule has 0 fully saturated rings. The minimum absolute atomic E-state index is 0.0837. The molecule has 0 saturated heterocycles. The predicted octanol–water partition coefficient (Wildman–Crippen LogP) is 4.53. The fourth-order valence-corrected chi connectivity index (χ4v) is 3.74. The van der Waals surface area contributed by atoms with Crippen LogP contribution in [0.2, 0.25) is 0 Å². The van der Waals surface area contributed by atoms with E-state index in [2.05, 4.69) is 0 Å². The molecule has 0 spiro atoms. The van der Waals surface area contributed by atoms with Crippen LogP contribution in [0.5, 0.6) is 0 Å². The van der Waals surface area contributed by atoms with Gasteiger partial charge in [0, 0.05) is 17.0 Å². The van der Waals surface area contributed by atoms with Crippen LogP contribution in [-0.2, 0) is 12.6 Å². The Morgan fingerprint density at radius 1 is 1.32 bits per heavy atom. The van der Waals surface area contributed by atoms with E-state index in [-0.39, 0.29) is 17.5 Å². The van der Waals surface area contributed by atoms with Gasteiger partial charge in [-0.05, 0) is 48.6 Å². The van der Waals surface area contributed by atoms with E-state index in [1.807, 2.05) is 18.4 Å². The first-order valence-electron chi connectivity index (χ1n) is 6.92. The van der Waals surface area contributed by atoms with Crippen molar-refractivity contribution in [1.82, 2.24) is 4.90 Å². The topological polar surface area (TPSA) is 20.3 Å². The number of nitrogens with zero attached hydrogens (tertiary/aromatic N) is 1. The Bertz CT molecular complexity index is 707. The molecule has 1 aromatic carbocycles. The number of carbonyl (C=O) groups excluding carboxylic acids is 1. The zero-order valence-corrected chi connectivity index (χ0v) is 12.7. The van der Waals surface area contributed by atoms with Gasteiger partial charge in [-0.1, -0.05) is 6.07 Å². The number of halogens is 3. The van der Waals surface area contributed by atoms with Crippen molar-refractivity contribution in [3.05, 3.63) is 57.3 Å². The van der Waals surface area contributed by atoms with Gasteiger partial charge in [-0.2, -0.15) is 13.2 Å². The maximum Gasteiger partial charge on any atom is 0.416 e. The zero-order chi connectivity index (χ0) is 15.9. The number of benzene rings is 1. The summed E-state index contributed by atoms with van der Waals surface area (Å²) in [6.07, 6.45) is -3.69. The maximum atomic E-state index is 12.8. The Morgan fingerprint density at radius 2 is 2.09 bits per heavy atom. The molecule has 1 aromatic heterocycles. The van der Waals surface area contributed by atoms with Gasteiger partial charge in [-0.25, -0.2) is 0 Å². The van der Waals surface area contributed by atoms with E-state index < -0.39 is 11.7 Å². The van der Waals surface area contributed by atoms with Crippen LogP contribution in [0.15, 0.2) is 35.7 Å². The SMILES string of the molecule is C[C@@H]1c2ccsc2CCN1C(=O)c1cccc(C(F)(F)F)c1. The molecule has 0 unspecified atom stereocenters. The lowest BCUT2D eigenvalue weighted by Gasteiger charge is -2.33. The van der Waals surface area contributed by atoms with Crippen molar-refractivity contribution in [1.29, 1.82) is 0 Å². The molecule has 1 aliphatic rings. The van der Waals surface area contributed by atoms with Gasteiger partial charge in [-0.3, -0.25) is 4.79 Å². The lowest BCUT2D eigenvalue weighted by molar-refractivity contribution is -0.137. The second-order valence-electron chi connectivity index (χ2n) is 5.30. The fourth-order valence-electron chi connectivity index (χ4n) is 2.78. The van der Waals surface area contributed by atoms with Crippen LogP contribution in [-0.4, -0.2) is 17.4 Å². The lowest BCUT2D eigenvalue weighted by atomic mass is 10.00. The van der Waals surface area contributed by atoms with E-state index in [4.69, 9.17) is 0 Å². The number of alkyl halides is 3. The van der Waals surface area contributed by atoms with Gasteiger partial charge in [0.25, 0.3) is 5.91 Å². The van der Waals surface area contributed by atoms with Gasteiger partial charge in [0.2, 0.25) is 0 Å². The molecular weight excluding hydrogens is 311 g/mol. The van der Waals surface area contributed by atoms with Crippen molar-refractivity contribution in [3.63, 3.8) is 0 Å². The Balaban J connectivity index is 1.89. The number of hydrogen-bond donors (Lipinski definition) is 0. The molecule has 22 heavy (non-hydrogen) atoms. The molecule has 2 aromatic rings. The average Bonchev–Trinajstić information content (AvgIpc) is 2.96. The average molecular weight is 325 g/mol. The highest BCUT2D eigenvalue weighted by molar-refractivity contribution is 7.10. The van der Waals surface area contributed by atoms with Gasteiger partial charge in [0.15, 0.2) is 0 Å². The van der Waals surface area contributed by atoms with E-state index in [0.717, 1.165) is 24.1 Å². The van der Waals surface area contributed by atoms with E-state index in [1.165, 1.54) is 17.0 Å². The molecular formula is C16H14F3NOS. The summed E-state index contributed by atoms with van der Waals surface area (Å²) in [5.74, 6) is -0.351. The van der Waals surface area contributed by atoms with Crippen LogP contribution in [0, 0.1) is 0 Å². The highest BCUT2D eigenvalue weighted by atomic mass is 32.1. The lowest BCUT2D eigenvalue weighted by Crippen LogP contribution is -2.38. The second kappa shape index (κ2) is 5.43. The molecule has 1 atom stereocenters. The summed E-state index contributed by atoms with van der Waals surface area (Å²) >= 11 is 1.66. The summed E-state index contributed by atoms with van der Waals surface area (Å²) < 4.78 is 38.3. The number of fused-ring (bicyclic) bond motifs is 1. The van der Waals surface area contributed by atoms with Crippen molar-refractivity contribution >= 4 is 17.2 Å². The zero-order valence-electron chi connectivity index (χ0n) is 11.9. The first-order valence-corrected chi connectivity index (χ1v) is 7.80. The number of thiophene rings is 1. The van der Waals surface area contributed by atoms with Crippen LogP contribution >= 0.6 is 11.3 Å². The van der Waals surface area contributed by atoms with Crippen molar-refractivity contribution in [2.45, 2.75) is 25.6 Å². The second-order valence-corrected chi connectivity index (χ2v) is 6.30. The van der Waals surface area contributed by atoms with Gasteiger partial charge in [0.1, 0.15) is 0 Å². The first kappa shape index (κ1) is 15.1. The van der Waals surface area contributed by atoms with Crippen LogP contribution in [0.3, 0.4) is 0 Å². The Kier molecular flexibility index (Phi) is 3.72. The van der Waals surface area contributed by atoms with Crippen LogP contribution in [0.1, 0.15) is 39.3 Å². The summed E-state index contributed by atoms with van der Waals surface area (Å²) in [6.45, 7) is 2.44. The summed E-state index contributed by atoms with van der Waals surface area (Å²) in [4.78, 5) is 15.5. The first-order chi connectivity index (χ1) is 10.4. The van der Waals surface area contributed by atoms with E-state index in [0.29, 0.717) is 6.54 Å². The van der Waals surface area contributed by atoms with Crippen molar-refractivity contribution in [2.75, 3.05) is 6.54 Å². The summed E-state index contributed by atoms with van der Waals surface area (Å²) in [5, 5.41) is 1.99. The predicted molar refractivity (Wildman–Crippen MR) is 78.9 cm³/mol. The van der Waals surface area contributed by atoms with Crippen LogP contribution < -0.4 is 0 Å². The number of carbonyl (C=O) groups is 1. The molecule has 3 rings (SSSR count). The summed E-state index contributed by atoms with van der Waals surface area (Å²) in [5.41, 5.74) is 0.385. The number of rotatable bonds is 1. The van der Waals surface area contributed by atoms with E-state index in [9.17, 15) is 18.0 Å². The van der Waals surface area contributed by atoms with E-state index >= 15 is 0 Å². The minimum atomic E-state index is -4.44. The third kappa shape index (κ3) is 2.63. The van der Waals surface area contributed by atoms with Crippen molar-refractivity contribution < 1.29 is 18.0 Å². The molecule has 1 aliphatic heterocycles. The molecule has 0 bridgehead atoms. The van der Waals surface area contributed by atoms with E-state index in [1.54, 1.807) is 16.2 Å². The number of hydrogen-bond acceptors (Lipinski definition) is 2.